The second-order valence-electron chi connectivity index (χ2n) is 4.65. The van der Waals surface area contributed by atoms with Gasteiger partial charge in [-0.1, -0.05) is 23.7 Å². The van der Waals surface area contributed by atoms with E-state index in [4.69, 9.17) is 28.6 Å². The van der Waals surface area contributed by atoms with Crippen molar-refractivity contribution in [3.63, 3.8) is 0 Å². The first-order valence-electron chi connectivity index (χ1n) is 6.62. The lowest BCUT2D eigenvalue weighted by Gasteiger charge is -2.14. The molecule has 1 heterocycles. The molecule has 1 aromatic rings. The van der Waals surface area contributed by atoms with Crippen LogP contribution in [0.1, 0.15) is 18.4 Å². The van der Waals surface area contributed by atoms with Gasteiger partial charge in [-0.2, -0.15) is 0 Å². The summed E-state index contributed by atoms with van der Waals surface area (Å²) in [5, 5.41) is 7.86. The Morgan fingerprint density at radius 2 is 2.11 bits per heavy atom. The third-order valence-electron chi connectivity index (χ3n) is 3.13. The lowest BCUT2D eigenvalue weighted by molar-refractivity contribution is 0.114. The Bertz CT molecular complexity index is 404. The topological polar surface area (TPSA) is 33.3 Å². The highest BCUT2D eigenvalue weighted by Crippen LogP contribution is 2.10. The summed E-state index contributed by atoms with van der Waals surface area (Å²) in [5.41, 5.74) is 1.25. The molecule has 1 aliphatic heterocycles. The molecule has 1 fully saturated rings. The van der Waals surface area contributed by atoms with Crippen molar-refractivity contribution in [3.05, 3.63) is 34.9 Å². The number of hydrogen-bond donors (Lipinski definition) is 2. The fraction of sp³-hybridized carbons (Fsp3) is 0.500. The summed E-state index contributed by atoms with van der Waals surface area (Å²) in [6.45, 7) is 2.49. The molecule has 0 aliphatic carbocycles. The standard InChI is InChI=1S/C14H19ClN2OS/c15-12-5-3-11(4-6-12)7-8-16-14(19)17-10-13-2-1-9-18-13/h3-6,13H,1-2,7-10H2,(H2,16,17,19). The van der Waals surface area contributed by atoms with Crippen molar-refractivity contribution in [1.29, 1.82) is 0 Å². The predicted molar refractivity (Wildman–Crippen MR) is 82.7 cm³/mol. The molecule has 1 unspecified atom stereocenters. The SMILES string of the molecule is S=C(NCCc1ccc(Cl)cc1)NCC1CCCO1. The highest BCUT2D eigenvalue weighted by atomic mass is 35.5. The quantitative estimate of drug-likeness (QED) is 0.819. The first kappa shape index (κ1) is 14.6. The van der Waals surface area contributed by atoms with Gasteiger partial charge in [0.1, 0.15) is 0 Å². The molecule has 1 aromatic carbocycles. The molecule has 1 saturated heterocycles. The van der Waals surface area contributed by atoms with Crippen LogP contribution < -0.4 is 10.6 Å². The first-order chi connectivity index (χ1) is 9.24. The van der Waals surface area contributed by atoms with E-state index >= 15 is 0 Å². The van der Waals surface area contributed by atoms with E-state index in [0.29, 0.717) is 11.2 Å². The highest BCUT2D eigenvalue weighted by molar-refractivity contribution is 7.80. The first-order valence-corrected chi connectivity index (χ1v) is 7.40. The molecule has 0 saturated carbocycles. The van der Waals surface area contributed by atoms with E-state index in [0.717, 1.165) is 44.0 Å². The van der Waals surface area contributed by atoms with Crippen LogP contribution in [0.2, 0.25) is 5.02 Å². The van der Waals surface area contributed by atoms with Crippen LogP contribution in [-0.2, 0) is 11.2 Å². The van der Waals surface area contributed by atoms with Crippen LogP contribution in [0, 0.1) is 0 Å². The van der Waals surface area contributed by atoms with E-state index in [1.807, 2.05) is 24.3 Å². The zero-order valence-electron chi connectivity index (χ0n) is 10.8. The van der Waals surface area contributed by atoms with Crippen LogP contribution in [0.4, 0.5) is 0 Å². The fourth-order valence-electron chi connectivity index (χ4n) is 2.05. The minimum Gasteiger partial charge on any atom is -0.376 e. The summed E-state index contributed by atoms with van der Waals surface area (Å²) in [6, 6.07) is 7.88. The molecule has 0 aromatic heterocycles. The molecule has 0 bridgehead atoms. The van der Waals surface area contributed by atoms with Crippen molar-refractivity contribution in [1.82, 2.24) is 10.6 Å². The predicted octanol–water partition coefficient (Wildman–Crippen LogP) is 2.53. The van der Waals surface area contributed by atoms with E-state index in [1.54, 1.807) is 0 Å². The molecule has 1 atom stereocenters. The van der Waals surface area contributed by atoms with Crippen molar-refractivity contribution in [2.45, 2.75) is 25.4 Å². The van der Waals surface area contributed by atoms with Gasteiger partial charge < -0.3 is 15.4 Å². The van der Waals surface area contributed by atoms with Crippen LogP contribution in [-0.4, -0.2) is 30.9 Å². The molecule has 3 nitrogen and oxygen atoms in total. The summed E-state index contributed by atoms with van der Waals surface area (Å²) in [4.78, 5) is 0. The number of halogens is 1. The fourth-order valence-corrected chi connectivity index (χ4v) is 2.36. The van der Waals surface area contributed by atoms with Gasteiger partial charge in [0.05, 0.1) is 6.10 Å². The smallest absolute Gasteiger partial charge is 0.166 e. The number of nitrogens with one attached hydrogen (secondary N) is 2. The minimum atomic E-state index is 0.316. The van der Waals surface area contributed by atoms with Gasteiger partial charge in [-0.05, 0) is 49.2 Å². The van der Waals surface area contributed by atoms with Gasteiger partial charge in [-0.3, -0.25) is 0 Å². The summed E-state index contributed by atoms with van der Waals surface area (Å²) in [5.74, 6) is 0. The Kier molecular flexibility index (Phi) is 5.89. The number of hydrogen-bond acceptors (Lipinski definition) is 2. The van der Waals surface area contributed by atoms with Crippen LogP contribution >= 0.6 is 23.8 Å². The summed E-state index contributed by atoms with van der Waals surface area (Å²) < 4.78 is 5.53. The normalized spacial score (nSPS) is 18.3. The van der Waals surface area contributed by atoms with Gasteiger partial charge in [-0.15, -0.1) is 0 Å². The van der Waals surface area contributed by atoms with E-state index in [1.165, 1.54) is 5.56 Å². The summed E-state index contributed by atoms with van der Waals surface area (Å²) >= 11 is 11.1. The van der Waals surface area contributed by atoms with Crippen molar-refractivity contribution in [2.75, 3.05) is 19.7 Å². The third-order valence-corrected chi connectivity index (χ3v) is 3.67. The Morgan fingerprint density at radius 1 is 1.32 bits per heavy atom. The van der Waals surface area contributed by atoms with Gasteiger partial charge in [-0.25, -0.2) is 0 Å². The third kappa shape index (κ3) is 5.35. The largest absolute Gasteiger partial charge is 0.376 e. The zero-order chi connectivity index (χ0) is 13.5. The Morgan fingerprint density at radius 3 is 2.79 bits per heavy atom. The Hall–Kier alpha value is -0.840. The molecular weight excluding hydrogens is 280 g/mol. The lowest BCUT2D eigenvalue weighted by atomic mass is 10.1. The van der Waals surface area contributed by atoms with Crippen LogP contribution in [0.3, 0.4) is 0 Å². The zero-order valence-corrected chi connectivity index (χ0v) is 12.4. The van der Waals surface area contributed by atoms with Crippen LogP contribution in [0.5, 0.6) is 0 Å². The van der Waals surface area contributed by atoms with Crippen molar-refractivity contribution >= 4 is 28.9 Å². The van der Waals surface area contributed by atoms with E-state index in [9.17, 15) is 0 Å². The van der Waals surface area contributed by atoms with Gasteiger partial charge >= 0.3 is 0 Å². The van der Waals surface area contributed by atoms with Gasteiger partial charge in [0.15, 0.2) is 5.11 Å². The lowest BCUT2D eigenvalue weighted by Crippen LogP contribution is -2.40. The molecule has 0 amide bonds. The molecule has 1 aliphatic rings. The highest BCUT2D eigenvalue weighted by Gasteiger charge is 2.14. The monoisotopic (exact) mass is 298 g/mol. The summed E-state index contributed by atoms with van der Waals surface area (Å²) in [6.07, 6.45) is 3.53. The van der Waals surface area contributed by atoms with E-state index < -0.39 is 0 Å². The second-order valence-corrected chi connectivity index (χ2v) is 5.49. The molecule has 0 radical (unpaired) electrons. The van der Waals surface area contributed by atoms with E-state index in [-0.39, 0.29) is 0 Å². The number of ether oxygens (including phenoxy) is 1. The average Bonchev–Trinajstić information content (AvgIpc) is 2.92. The maximum absolute atomic E-state index is 5.84. The maximum atomic E-state index is 5.84. The maximum Gasteiger partial charge on any atom is 0.166 e. The minimum absolute atomic E-state index is 0.316. The number of thiocarbonyl (C=S) groups is 1. The van der Waals surface area contributed by atoms with Gasteiger partial charge in [0.2, 0.25) is 0 Å². The molecule has 5 heteroatoms. The van der Waals surface area contributed by atoms with Gasteiger partial charge in [0.25, 0.3) is 0 Å². The number of benzene rings is 1. The Labute approximate surface area is 124 Å². The summed E-state index contributed by atoms with van der Waals surface area (Å²) in [7, 11) is 0. The molecule has 2 rings (SSSR count). The van der Waals surface area contributed by atoms with E-state index in [2.05, 4.69) is 10.6 Å². The van der Waals surface area contributed by atoms with Crippen LogP contribution in [0.15, 0.2) is 24.3 Å². The van der Waals surface area contributed by atoms with Gasteiger partial charge in [0, 0.05) is 24.7 Å². The molecule has 0 spiro atoms. The van der Waals surface area contributed by atoms with Crippen molar-refractivity contribution in [2.24, 2.45) is 0 Å². The molecular formula is C14H19ClN2OS. The number of rotatable bonds is 5. The van der Waals surface area contributed by atoms with Crippen LogP contribution in [0.25, 0.3) is 0 Å². The molecule has 19 heavy (non-hydrogen) atoms. The second kappa shape index (κ2) is 7.68. The Balaban J connectivity index is 1.59. The molecule has 104 valence electrons. The van der Waals surface area contributed by atoms with Crippen molar-refractivity contribution < 1.29 is 4.74 Å². The molecule has 2 N–H and O–H groups in total. The average molecular weight is 299 g/mol. The van der Waals surface area contributed by atoms with Crippen molar-refractivity contribution in [3.8, 4) is 0 Å².